The molecule has 1 heterocycles. The topological polar surface area (TPSA) is 50.4 Å². The zero-order chi connectivity index (χ0) is 10.3. The van der Waals surface area contributed by atoms with Crippen molar-refractivity contribution in [2.75, 3.05) is 0 Å². The molecular weight excluding hydrogens is 227 g/mol. The van der Waals surface area contributed by atoms with Gasteiger partial charge in [0.25, 0.3) is 0 Å². The van der Waals surface area contributed by atoms with Gasteiger partial charge in [-0.1, -0.05) is 23.2 Å². The van der Waals surface area contributed by atoms with E-state index in [-0.39, 0.29) is 5.76 Å². The lowest BCUT2D eigenvalue weighted by atomic mass is 10.2. The molecule has 1 N–H and O–H groups in total. The van der Waals surface area contributed by atoms with Crippen LogP contribution in [0.15, 0.2) is 22.6 Å². The Kier molecular flexibility index (Phi) is 2.13. The molecule has 0 unspecified atom stereocenters. The van der Waals surface area contributed by atoms with Crippen molar-refractivity contribution in [3.05, 3.63) is 34.0 Å². The average molecular weight is 231 g/mol. The van der Waals surface area contributed by atoms with E-state index in [4.69, 9.17) is 32.7 Å². The number of carboxylic acid groups (broad SMARTS) is 1. The van der Waals surface area contributed by atoms with Crippen LogP contribution < -0.4 is 0 Å². The number of hydrogen-bond acceptors (Lipinski definition) is 2. The lowest BCUT2D eigenvalue weighted by molar-refractivity contribution is 0.0665. The maximum Gasteiger partial charge on any atom is 0.371 e. The van der Waals surface area contributed by atoms with Crippen LogP contribution in [0.25, 0.3) is 11.0 Å². The van der Waals surface area contributed by atoms with Crippen molar-refractivity contribution in [2.24, 2.45) is 0 Å². The summed E-state index contributed by atoms with van der Waals surface area (Å²) in [5.41, 5.74) is 0.414. The van der Waals surface area contributed by atoms with Gasteiger partial charge in [-0.3, -0.25) is 0 Å². The number of hydrogen-bond donors (Lipinski definition) is 1. The van der Waals surface area contributed by atoms with E-state index in [1.807, 2.05) is 0 Å². The van der Waals surface area contributed by atoms with Crippen LogP contribution in [-0.2, 0) is 0 Å². The Labute approximate surface area is 88.8 Å². The maximum absolute atomic E-state index is 10.6. The summed E-state index contributed by atoms with van der Waals surface area (Å²) >= 11 is 11.5. The van der Waals surface area contributed by atoms with Crippen molar-refractivity contribution >= 4 is 40.1 Å². The Morgan fingerprint density at radius 1 is 1.21 bits per heavy atom. The van der Waals surface area contributed by atoms with Crippen molar-refractivity contribution in [3.63, 3.8) is 0 Å². The summed E-state index contributed by atoms with van der Waals surface area (Å²) in [6, 6.07) is 4.46. The van der Waals surface area contributed by atoms with E-state index in [0.717, 1.165) is 0 Å². The zero-order valence-electron chi connectivity index (χ0n) is 6.75. The second-order valence-electron chi connectivity index (χ2n) is 2.72. The van der Waals surface area contributed by atoms with E-state index < -0.39 is 5.97 Å². The monoisotopic (exact) mass is 230 g/mol. The number of benzene rings is 1. The predicted octanol–water partition coefficient (Wildman–Crippen LogP) is 3.44. The number of carboxylic acids is 1. The van der Waals surface area contributed by atoms with Crippen molar-refractivity contribution in [2.45, 2.75) is 0 Å². The van der Waals surface area contributed by atoms with Gasteiger partial charge in [-0.25, -0.2) is 4.79 Å². The molecule has 2 aromatic rings. The van der Waals surface area contributed by atoms with Gasteiger partial charge in [0.1, 0.15) is 5.58 Å². The van der Waals surface area contributed by atoms with Crippen LogP contribution in [0, 0.1) is 0 Å². The summed E-state index contributed by atoms with van der Waals surface area (Å²) < 4.78 is 5.02. The molecule has 72 valence electrons. The van der Waals surface area contributed by atoms with E-state index in [1.165, 1.54) is 12.1 Å². The molecule has 0 saturated carbocycles. The third-order valence-electron chi connectivity index (χ3n) is 1.77. The minimum Gasteiger partial charge on any atom is -0.475 e. The van der Waals surface area contributed by atoms with Crippen LogP contribution in [0.5, 0.6) is 0 Å². The van der Waals surface area contributed by atoms with Crippen molar-refractivity contribution < 1.29 is 14.3 Å². The fourth-order valence-corrected chi connectivity index (χ4v) is 1.47. The standard InChI is InChI=1S/C9H4Cl2O3/c10-5-1-4-2-8(9(12)13)14-7(4)3-6(5)11/h1-3H,(H,12,13). The van der Waals surface area contributed by atoms with Crippen LogP contribution in [0.3, 0.4) is 0 Å². The van der Waals surface area contributed by atoms with Crippen molar-refractivity contribution in [1.82, 2.24) is 0 Å². The first-order chi connectivity index (χ1) is 6.58. The lowest BCUT2D eigenvalue weighted by Crippen LogP contribution is -1.91. The highest BCUT2D eigenvalue weighted by atomic mass is 35.5. The normalized spacial score (nSPS) is 10.7. The van der Waals surface area contributed by atoms with Gasteiger partial charge in [-0.2, -0.15) is 0 Å². The second-order valence-corrected chi connectivity index (χ2v) is 3.53. The molecule has 2 rings (SSSR count). The highest BCUT2D eigenvalue weighted by molar-refractivity contribution is 6.42. The Hall–Kier alpha value is -1.19. The molecule has 0 aliphatic carbocycles. The number of fused-ring (bicyclic) bond motifs is 1. The SMILES string of the molecule is O=C(O)c1cc2cc(Cl)c(Cl)cc2o1. The van der Waals surface area contributed by atoms with E-state index in [9.17, 15) is 4.79 Å². The molecule has 0 aliphatic rings. The van der Waals surface area contributed by atoms with E-state index in [2.05, 4.69) is 0 Å². The van der Waals surface area contributed by atoms with Crippen molar-refractivity contribution in [3.8, 4) is 0 Å². The predicted molar refractivity (Wildman–Crippen MR) is 53.2 cm³/mol. The first-order valence-electron chi connectivity index (χ1n) is 3.70. The minimum atomic E-state index is -1.12. The van der Waals surface area contributed by atoms with Gasteiger partial charge in [-0.05, 0) is 12.1 Å². The van der Waals surface area contributed by atoms with E-state index >= 15 is 0 Å². The lowest BCUT2D eigenvalue weighted by Gasteiger charge is -1.93. The third kappa shape index (κ3) is 1.45. The first-order valence-corrected chi connectivity index (χ1v) is 4.45. The van der Waals surface area contributed by atoms with E-state index in [1.54, 1.807) is 6.07 Å². The summed E-state index contributed by atoms with van der Waals surface area (Å²) in [6.45, 7) is 0. The molecule has 0 fully saturated rings. The molecule has 0 spiro atoms. The van der Waals surface area contributed by atoms with Crippen LogP contribution in [0.2, 0.25) is 10.0 Å². The van der Waals surface area contributed by atoms with Crippen LogP contribution in [0.1, 0.15) is 10.6 Å². The molecule has 0 aliphatic heterocycles. The highest BCUT2D eigenvalue weighted by Crippen LogP contribution is 2.29. The quantitative estimate of drug-likeness (QED) is 0.817. The molecule has 0 atom stereocenters. The molecule has 0 bridgehead atoms. The maximum atomic E-state index is 10.6. The Balaban J connectivity index is 2.72. The fraction of sp³-hybridized carbons (Fsp3) is 0. The van der Waals surface area contributed by atoms with E-state index in [0.29, 0.717) is 21.0 Å². The summed E-state index contributed by atoms with van der Waals surface area (Å²) in [7, 11) is 0. The fourth-order valence-electron chi connectivity index (χ4n) is 1.14. The summed E-state index contributed by atoms with van der Waals surface area (Å²) in [5.74, 6) is -1.24. The Morgan fingerprint density at radius 2 is 1.86 bits per heavy atom. The van der Waals surface area contributed by atoms with Gasteiger partial charge in [0.05, 0.1) is 10.0 Å². The molecule has 3 nitrogen and oxygen atoms in total. The van der Waals surface area contributed by atoms with Gasteiger partial charge in [-0.15, -0.1) is 0 Å². The largest absolute Gasteiger partial charge is 0.475 e. The Bertz CT molecular complexity index is 477. The Morgan fingerprint density at radius 3 is 2.50 bits per heavy atom. The van der Waals surface area contributed by atoms with Crippen LogP contribution in [0.4, 0.5) is 0 Å². The highest BCUT2D eigenvalue weighted by Gasteiger charge is 2.11. The number of aromatic carboxylic acids is 1. The molecule has 1 aromatic carbocycles. The molecule has 0 radical (unpaired) electrons. The van der Waals surface area contributed by atoms with Crippen LogP contribution in [-0.4, -0.2) is 11.1 Å². The minimum absolute atomic E-state index is 0.127. The summed E-state index contributed by atoms with van der Waals surface area (Å²) in [5, 5.41) is 10.00. The van der Waals surface area contributed by atoms with Gasteiger partial charge in [0.15, 0.2) is 0 Å². The van der Waals surface area contributed by atoms with Gasteiger partial charge in [0, 0.05) is 11.5 Å². The first kappa shape index (κ1) is 9.37. The van der Waals surface area contributed by atoms with Gasteiger partial charge >= 0.3 is 5.97 Å². The number of carbonyl (C=O) groups is 1. The molecule has 1 aromatic heterocycles. The molecule has 5 heteroatoms. The number of halogens is 2. The molecule has 0 saturated heterocycles. The average Bonchev–Trinajstić information content (AvgIpc) is 2.48. The third-order valence-corrected chi connectivity index (χ3v) is 2.49. The molecule has 14 heavy (non-hydrogen) atoms. The number of rotatable bonds is 1. The molecular formula is C9H4Cl2O3. The van der Waals surface area contributed by atoms with Crippen LogP contribution >= 0.6 is 23.2 Å². The number of furan rings is 1. The summed E-state index contributed by atoms with van der Waals surface area (Å²) in [4.78, 5) is 10.6. The second kappa shape index (κ2) is 3.19. The zero-order valence-corrected chi connectivity index (χ0v) is 8.26. The van der Waals surface area contributed by atoms with Gasteiger partial charge < -0.3 is 9.52 Å². The van der Waals surface area contributed by atoms with Crippen molar-refractivity contribution in [1.29, 1.82) is 0 Å². The summed E-state index contributed by atoms with van der Waals surface area (Å²) in [6.07, 6.45) is 0. The smallest absolute Gasteiger partial charge is 0.371 e. The van der Waals surface area contributed by atoms with Gasteiger partial charge in [0.2, 0.25) is 5.76 Å². The molecule has 0 amide bonds.